The van der Waals surface area contributed by atoms with Crippen LogP contribution in [0.1, 0.15) is 33.7 Å². The number of aromatic amines is 1. The van der Waals surface area contributed by atoms with Crippen LogP contribution in [0.15, 0.2) is 36.4 Å². The molecule has 2 N–H and O–H groups in total. The van der Waals surface area contributed by atoms with E-state index in [1.807, 2.05) is 0 Å². The molecule has 3 rings (SSSR count). The molecule has 0 atom stereocenters. The standard InChI is InChI=1S/C17H12F5N3O/c1-8-2-4-10(7-11(8)17(20,21)22)23-16(26)9-3-5-12-13(6-9)25-15(24-12)14(18)19/h2-7,14H,1H3,(H,23,26)(H,24,25). The number of imidazole rings is 1. The van der Waals surface area contributed by atoms with E-state index >= 15 is 0 Å². The number of anilines is 1. The molecule has 3 aromatic rings. The van der Waals surface area contributed by atoms with E-state index in [9.17, 15) is 26.7 Å². The highest BCUT2D eigenvalue weighted by Gasteiger charge is 2.32. The van der Waals surface area contributed by atoms with Crippen LogP contribution in [0.2, 0.25) is 0 Å². The average molecular weight is 369 g/mol. The van der Waals surface area contributed by atoms with Crippen molar-refractivity contribution in [3.05, 3.63) is 58.9 Å². The molecular weight excluding hydrogens is 357 g/mol. The number of aromatic nitrogens is 2. The number of rotatable bonds is 3. The van der Waals surface area contributed by atoms with Crippen molar-refractivity contribution in [3.63, 3.8) is 0 Å². The van der Waals surface area contributed by atoms with Gasteiger partial charge in [-0.3, -0.25) is 4.79 Å². The van der Waals surface area contributed by atoms with Crippen LogP contribution >= 0.6 is 0 Å². The summed E-state index contributed by atoms with van der Waals surface area (Å²) >= 11 is 0. The van der Waals surface area contributed by atoms with Crippen molar-refractivity contribution >= 4 is 22.6 Å². The molecule has 0 aliphatic carbocycles. The molecule has 9 heteroatoms. The Morgan fingerprint density at radius 1 is 1.15 bits per heavy atom. The molecule has 4 nitrogen and oxygen atoms in total. The normalized spacial score (nSPS) is 12.0. The summed E-state index contributed by atoms with van der Waals surface area (Å²) in [5.74, 6) is -1.19. The predicted molar refractivity (Wildman–Crippen MR) is 85.2 cm³/mol. The van der Waals surface area contributed by atoms with E-state index in [0.717, 1.165) is 6.07 Å². The molecule has 0 spiro atoms. The van der Waals surface area contributed by atoms with Gasteiger partial charge in [0, 0.05) is 11.3 Å². The molecule has 26 heavy (non-hydrogen) atoms. The van der Waals surface area contributed by atoms with Crippen molar-refractivity contribution in [1.29, 1.82) is 0 Å². The Hall–Kier alpha value is -2.97. The zero-order valence-corrected chi connectivity index (χ0v) is 13.3. The molecule has 136 valence electrons. The number of carbonyl (C=O) groups is 1. The van der Waals surface area contributed by atoms with Crippen molar-refractivity contribution in [3.8, 4) is 0 Å². The summed E-state index contributed by atoms with van der Waals surface area (Å²) in [6.45, 7) is 1.32. The van der Waals surface area contributed by atoms with Gasteiger partial charge in [-0.25, -0.2) is 13.8 Å². The van der Waals surface area contributed by atoms with Crippen LogP contribution in [0.3, 0.4) is 0 Å². The Bertz CT molecular complexity index is 978. The van der Waals surface area contributed by atoms with Gasteiger partial charge in [0.05, 0.1) is 16.6 Å². The minimum absolute atomic E-state index is 0.0223. The van der Waals surface area contributed by atoms with Gasteiger partial charge in [0.2, 0.25) is 0 Å². The monoisotopic (exact) mass is 369 g/mol. The molecule has 2 aromatic carbocycles. The summed E-state index contributed by atoms with van der Waals surface area (Å²) < 4.78 is 64.1. The van der Waals surface area contributed by atoms with E-state index in [0.29, 0.717) is 0 Å². The summed E-state index contributed by atoms with van der Waals surface area (Å²) in [6.07, 6.45) is -7.32. The van der Waals surface area contributed by atoms with Gasteiger partial charge < -0.3 is 10.3 Å². The first-order valence-corrected chi connectivity index (χ1v) is 7.42. The third-order valence-corrected chi connectivity index (χ3v) is 3.77. The van der Waals surface area contributed by atoms with Crippen LogP contribution < -0.4 is 5.32 Å². The van der Waals surface area contributed by atoms with E-state index in [4.69, 9.17) is 0 Å². The summed E-state index contributed by atoms with van der Waals surface area (Å²) in [5, 5.41) is 2.37. The Morgan fingerprint density at radius 3 is 2.54 bits per heavy atom. The molecule has 0 aliphatic rings. The molecule has 0 saturated heterocycles. The second kappa shape index (κ2) is 6.40. The summed E-state index contributed by atoms with van der Waals surface area (Å²) in [4.78, 5) is 18.4. The second-order valence-corrected chi connectivity index (χ2v) is 5.64. The number of carbonyl (C=O) groups excluding carboxylic acids is 1. The summed E-state index contributed by atoms with van der Waals surface area (Å²) in [5.41, 5.74) is -0.254. The van der Waals surface area contributed by atoms with Crippen molar-refractivity contribution in [2.75, 3.05) is 5.32 Å². The predicted octanol–water partition coefficient (Wildman–Crippen LogP) is 5.08. The largest absolute Gasteiger partial charge is 0.416 e. The van der Waals surface area contributed by atoms with Gasteiger partial charge in [-0.15, -0.1) is 0 Å². The fraction of sp³-hybridized carbons (Fsp3) is 0.176. The summed E-state index contributed by atoms with van der Waals surface area (Å²) in [6, 6.07) is 7.49. The lowest BCUT2D eigenvalue weighted by molar-refractivity contribution is -0.138. The Labute approximate surface area is 144 Å². The van der Waals surface area contributed by atoms with E-state index in [2.05, 4.69) is 15.3 Å². The zero-order chi connectivity index (χ0) is 19.1. The first kappa shape index (κ1) is 17.8. The van der Waals surface area contributed by atoms with Crippen LogP contribution in [-0.4, -0.2) is 15.9 Å². The highest BCUT2D eigenvalue weighted by atomic mass is 19.4. The second-order valence-electron chi connectivity index (χ2n) is 5.64. The Balaban J connectivity index is 1.87. The third-order valence-electron chi connectivity index (χ3n) is 3.77. The maximum atomic E-state index is 12.9. The molecule has 0 bridgehead atoms. The lowest BCUT2D eigenvalue weighted by Gasteiger charge is -2.12. The SMILES string of the molecule is Cc1ccc(NC(=O)c2ccc3nc(C(F)F)[nH]c3c2)cc1C(F)(F)F. The van der Waals surface area contributed by atoms with Crippen LogP contribution in [0, 0.1) is 6.92 Å². The van der Waals surface area contributed by atoms with E-state index < -0.39 is 29.9 Å². The first-order valence-electron chi connectivity index (χ1n) is 7.42. The van der Waals surface area contributed by atoms with Gasteiger partial charge in [0.15, 0.2) is 5.82 Å². The number of hydrogen-bond donors (Lipinski definition) is 2. The number of nitrogens with one attached hydrogen (secondary N) is 2. The summed E-state index contributed by atoms with van der Waals surface area (Å²) in [7, 11) is 0. The lowest BCUT2D eigenvalue weighted by atomic mass is 10.1. The minimum atomic E-state index is -4.54. The molecule has 1 aromatic heterocycles. The highest BCUT2D eigenvalue weighted by molar-refractivity contribution is 6.06. The number of benzene rings is 2. The van der Waals surface area contributed by atoms with Crippen molar-refractivity contribution in [2.45, 2.75) is 19.5 Å². The Morgan fingerprint density at radius 2 is 1.88 bits per heavy atom. The number of fused-ring (bicyclic) bond motifs is 1. The van der Waals surface area contributed by atoms with Crippen LogP contribution in [0.5, 0.6) is 0 Å². The van der Waals surface area contributed by atoms with Gasteiger partial charge >= 0.3 is 6.18 Å². The van der Waals surface area contributed by atoms with Gasteiger partial charge in [-0.05, 0) is 42.8 Å². The smallest absolute Gasteiger partial charge is 0.337 e. The van der Waals surface area contributed by atoms with E-state index in [-0.39, 0.29) is 27.8 Å². The van der Waals surface area contributed by atoms with Crippen LogP contribution in [0.4, 0.5) is 27.6 Å². The fourth-order valence-corrected chi connectivity index (χ4v) is 2.48. The van der Waals surface area contributed by atoms with Gasteiger partial charge in [-0.2, -0.15) is 13.2 Å². The lowest BCUT2D eigenvalue weighted by Crippen LogP contribution is -2.14. The molecule has 0 saturated carbocycles. The minimum Gasteiger partial charge on any atom is -0.337 e. The first-order chi connectivity index (χ1) is 12.1. The van der Waals surface area contributed by atoms with Crippen LogP contribution in [0.25, 0.3) is 11.0 Å². The molecule has 0 fully saturated rings. The fourth-order valence-electron chi connectivity index (χ4n) is 2.48. The number of H-pyrrole nitrogens is 1. The van der Waals surface area contributed by atoms with Gasteiger partial charge in [0.25, 0.3) is 12.3 Å². The third kappa shape index (κ3) is 3.51. The molecule has 0 aliphatic heterocycles. The zero-order valence-electron chi connectivity index (χ0n) is 13.3. The number of aryl methyl sites for hydroxylation is 1. The maximum absolute atomic E-state index is 12.9. The number of alkyl halides is 5. The topological polar surface area (TPSA) is 57.8 Å². The molecule has 0 unspecified atom stereocenters. The van der Waals surface area contributed by atoms with Crippen LogP contribution in [-0.2, 0) is 6.18 Å². The van der Waals surface area contributed by atoms with E-state index in [1.54, 1.807) is 0 Å². The molecule has 0 radical (unpaired) electrons. The number of amides is 1. The van der Waals surface area contributed by atoms with Crippen molar-refractivity contribution in [1.82, 2.24) is 9.97 Å². The van der Waals surface area contributed by atoms with Crippen molar-refractivity contribution < 1.29 is 26.7 Å². The molecular formula is C17H12F5N3O. The number of hydrogen-bond acceptors (Lipinski definition) is 2. The molecule has 1 heterocycles. The maximum Gasteiger partial charge on any atom is 0.416 e. The Kier molecular flexibility index (Phi) is 4.39. The van der Waals surface area contributed by atoms with Gasteiger partial charge in [0.1, 0.15) is 0 Å². The molecule has 1 amide bonds. The average Bonchev–Trinajstić information content (AvgIpc) is 2.99. The quantitative estimate of drug-likeness (QED) is 0.633. The number of halogens is 5. The van der Waals surface area contributed by atoms with Gasteiger partial charge in [-0.1, -0.05) is 6.07 Å². The van der Waals surface area contributed by atoms with Crippen molar-refractivity contribution in [2.24, 2.45) is 0 Å². The highest BCUT2D eigenvalue weighted by Crippen LogP contribution is 2.33. The van der Waals surface area contributed by atoms with E-state index in [1.165, 1.54) is 37.3 Å². The number of nitrogens with zero attached hydrogens (tertiary/aromatic N) is 1.